The summed E-state index contributed by atoms with van der Waals surface area (Å²) in [6, 6.07) is 16.4. The first-order valence-electron chi connectivity index (χ1n) is 8.22. The number of aryl methyl sites for hydroxylation is 1. The smallest absolute Gasteiger partial charge is 0.220 e. The number of carbonyl (C=O) groups is 1. The Morgan fingerprint density at radius 2 is 1.92 bits per heavy atom. The van der Waals surface area contributed by atoms with Gasteiger partial charge in [0.25, 0.3) is 0 Å². The van der Waals surface area contributed by atoms with Crippen LogP contribution in [0.1, 0.15) is 17.7 Å². The Morgan fingerprint density at radius 1 is 1.08 bits per heavy atom. The van der Waals surface area contributed by atoms with Crippen LogP contribution in [0.3, 0.4) is 0 Å². The van der Waals surface area contributed by atoms with Gasteiger partial charge in [0.2, 0.25) is 5.91 Å². The normalized spacial score (nSPS) is 10.6. The molecule has 0 atom stereocenters. The van der Waals surface area contributed by atoms with Crippen LogP contribution in [0, 0.1) is 5.82 Å². The van der Waals surface area contributed by atoms with Gasteiger partial charge in [0.15, 0.2) is 0 Å². The van der Waals surface area contributed by atoms with Gasteiger partial charge in [0.1, 0.15) is 10.8 Å². The maximum atomic E-state index is 13.3. The van der Waals surface area contributed by atoms with E-state index in [0.29, 0.717) is 19.4 Å². The van der Waals surface area contributed by atoms with E-state index in [1.165, 1.54) is 23.5 Å². The molecule has 5 heteroatoms. The molecule has 0 spiro atoms. The predicted octanol–water partition coefficient (Wildman–Crippen LogP) is 4.24. The summed E-state index contributed by atoms with van der Waals surface area (Å²) < 4.78 is 13.3. The molecule has 1 N–H and O–H groups in total. The summed E-state index contributed by atoms with van der Waals surface area (Å²) in [6.45, 7) is 0.556. The zero-order valence-corrected chi connectivity index (χ0v) is 14.6. The van der Waals surface area contributed by atoms with Crippen molar-refractivity contribution in [1.29, 1.82) is 0 Å². The molecule has 1 amide bonds. The third kappa shape index (κ3) is 5.22. The molecule has 128 valence electrons. The number of benzene rings is 2. The highest BCUT2D eigenvalue weighted by molar-refractivity contribution is 7.13. The summed E-state index contributed by atoms with van der Waals surface area (Å²) in [5.41, 5.74) is 2.85. The molecule has 0 aliphatic heterocycles. The number of hydrogen-bond donors (Lipinski definition) is 1. The lowest BCUT2D eigenvalue weighted by molar-refractivity contribution is -0.121. The number of carbonyl (C=O) groups excluding carboxylic acids is 1. The summed E-state index contributed by atoms with van der Waals surface area (Å²) in [6.07, 6.45) is 1.89. The number of aromatic nitrogens is 1. The topological polar surface area (TPSA) is 42.0 Å². The van der Waals surface area contributed by atoms with Gasteiger partial charge in [-0.25, -0.2) is 9.37 Å². The molecule has 0 unspecified atom stereocenters. The molecule has 0 radical (unpaired) electrons. The van der Waals surface area contributed by atoms with Crippen LogP contribution in [0.25, 0.3) is 10.6 Å². The Balaban J connectivity index is 1.44. The van der Waals surface area contributed by atoms with Crippen LogP contribution in [0.5, 0.6) is 0 Å². The van der Waals surface area contributed by atoms with Crippen molar-refractivity contribution < 1.29 is 9.18 Å². The van der Waals surface area contributed by atoms with E-state index in [0.717, 1.165) is 28.2 Å². The summed E-state index contributed by atoms with van der Waals surface area (Å²) in [4.78, 5) is 16.4. The fraction of sp³-hybridized carbons (Fsp3) is 0.200. The molecule has 2 aromatic carbocycles. The van der Waals surface area contributed by atoms with E-state index in [9.17, 15) is 9.18 Å². The fourth-order valence-electron chi connectivity index (χ4n) is 2.50. The zero-order chi connectivity index (χ0) is 17.5. The SMILES string of the molecule is O=C(CCc1ccccc1)NCCc1csc(-c2cccc(F)c2)n1. The summed E-state index contributed by atoms with van der Waals surface area (Å²) in [7, 11) is 0. The molecule has 0 saturated carbocycles. The van der Waals surface area contributed by atoms with E-state index in [-0.39, 0.29) is 11.7 Å². The lowest BCUT2D eigenvalue weighted by Crippen LogP contribution is -2.25. The number of nitrogens with zero attached hydrogens (tertiary/aromatic N) is 1. The van der Waals surface area contributed by atoms with E-state index >= 15 is 0 Å². The van der Waals surface area contributed by atoms with Crippen molar-refractivity contribution in [2.24, 2.45) is 0 Å². The number of nitrogens with one attached hydrogen (secondary N) is 1. The third-order valence-corrected chi connectivity index (χ3v) is 4.75. The minimum Gasteiger partial charge on any atom is -0.356 e. The van der Waals surface area contributed by atoms with Crippen LogP contribution in [-0.2, 0) is 17.6 Å². The molecule has 0 fully saturated rings. The van der Waals surface area contributed by atoms with Gasteiger partial charge in [-0.05, 0) is 24.1 Å². The molecular formula is C20H19FN2OS. The molecule has 0 aliphatic carbocycles. The standard InChI is InChI=1S/C20H19FN2OS/c21-17-8-4-7-16(13-17)20-23-18(14-25-20)11-12-22-19(24)10-9-15-5-2-1-3-6-15/h1-8,13-14H,9-12H2,(H,22,24). The van der Waals surface area contributed by atoms with Gasteiger partial charge in [-0.1, -0.05) is 42.5 Å². The second-order valence-corrected chi connectivity index (χ2v) is 6.60. The number of halogens is 1. The van der Waals surface area contributed by atoms with E-state index in [4.69, 9.17) is 0 Å². The number of thiazole rings is 1. The zero-order valence-electron chi connectivity index (χ0n) is 13.7. The molecule has 3 rings (SSSR count). The maximum absolute atomic E-state index is 13.3. The molecular weight excluding hydrogens is 335 g/mol. The first-order chi connectivity index (χ1) is 12.2. The van der Waals surface area contributed by atoms with Crippen molar-refractivity contribution >= 4 is 17.2 Å². The Labute approximate surface area is 150 Å². The summed E-state index contributed by atoms with van der Waals surface area (Å²) >= 11 is 1.49. The first kappa shape index (κ1) is 17.3. The lowest BCUT2D eigenvalue weighted by atomic mass is 10.1. The third-order valence-electron chi connectivity index (χ3n) is 3.81. The van der Waals surface area contributed by atoms with Crippen molar-refractivity contribution in [2.45, 2.75) is 19.3 Å². The van der Waals surface area contributed by atoms with Gasteiger partial charge < -0.3 is 5.32 Å². The second-order valence-electron chi connectivity index (χ2n) is 5.74. The summed E-state index contributed by atoms with van der Waals surface area (Å²) in [5.74, 6) is -0.218. The van der Waals surface area contributed by atoms with Gasteiger partial charge in [-0.15, -0.1) is 11.3 Å². The lowest BCUT2D eigenvalue weighted by Gasteiger charge is -2.04. The highest BCUT2D eigenvalue weighted by Crippen LogP contribution is 2.24. The molecule has 1 heterocycles. The quantitative estimate of drug-likeness (QED) is 0.689. The van der Waals surface area contributed by atoms with E-state index in [1.807, 2.05) is 41.8 Å². The van der Waals surface area contributed by atoms with E-state index < -0.39 is 0 Å². The Morgan fingerprint density at radius 3 is 2.72 bits per heavy atom. The number of rotatable bonds is 7. The largest absolute Gasteiger partial charge is 0.356 e. The molecule has 0 aliphatic rings. The molecule has 3 nitrogen and oxygen atoms in total. The minimum absolute atomic E-state index is 0.0458. The average molecular weight is 354 g/mol. The number of hydrogen-bond acceptors (Lipinski definition) is 3. The van der Waals surface area contributed by atoms with Crippen LogP contribution in [0.4, 0.5) is 4.39 Å². The molecule has 0 saturated heterocycles. The average Bonchev–Trinajstić information content (AvgIpc) is 3.10. The highest BCUT2D eigenvalue weighted by atomic mass is 32.1. The van der Waals surface area contributed by atoms with E-state index in [1.54, 1.807) is 6.07 Å². The van der Waals surface area contributed by atoms with Crippen molar-refractivity contribution in [1.82, 2.24) is 10.3 Å². The molecule has 1 aromatic heterocycles. The second kappa shape index (κ2) is 8.53. The molecule has 25 heavy (non-hydrogen) atoms. The van der Waals surface area contributed by atoms with Crippen LogP contribution in [-0.4, -0.2) is 17.4 Å². The highest BCUT2D eigenvalue weighted by Gasteiger charge is 2.07. The minimum atomic E-state index is -0.264. The van der Waals surface area contributed by atoms with E-state index in [2.05, 4.69) is 10.3 Å². The monoisotopic (exact) mass is 354 g/mol. The van der Waals surface area contributed by atoms with Crippen LogP contribution in [0.2, 0.25) is 0 Å². The van der Waals surface area contributed by atoms with Crippen molar-refractivity contribution in [3.05, 3.63) is 77.1 Å². The number of amides is 1. The van der Waals surface area contributed by atoms with Crippen molar-refractivity contribution in [3.8, 4) is 10.6 Å². The van der Waals surface area contributed by atoms with Gasteiger partial charge in [-0.2, -0.15) is 0 Å². The maximum Gasteiger partial charge on any atom is 0.220 e. The Hall–Kier alpha value is -2.53. The molecule has 0 bridgehead atoms. The molecule has 3 aromatic rings. The van der Waals surface area contributed by atoms with Gasteiger partial charge in [0, 0.05) is 30.3 Å². The summed E-state index contributed by atoms with van der Waals surface area (Å²) in [5, 5.41) is 5.68. The van der Waals surface area contributed by atoms with Gasteiger partial charge in [-0.3, -0.25) is 4.79 Å². The van der Waals surface area contributed by atoms with Crippen molar-refractivity contribution in [3.63, 3.8) is 0 Å². The Kier molecular flexibility index (Phi) is 5.90. The van der Waals surface area contributed by atoms with Gasteiger partial charge >= 0.3 is 0 Å². The van der Waals surface area contributed by atoms with Crippen LogP contribution < -0.4 is 5.32 Å². The Bertz CT molecular complexity index is 832. The van der Waals surface area contributed by atoms with Crippen molar-refractivity contribution in [2.75, 3.05) is 6.54 Å². The van der Waals surface area contributed by atoms with Crippen LogP contribution in [0.15, 0.2) is 60.0 Å². The van der Waals surface area contributed by atoms with Crippen LogP contribution >= 0.6 is 11.3 Å². The van der Waals surface area contributed by atoms with Gasteiger partial charge in [0.05, 0.1) is 5.69 Å². The fourth-order valence-corrected chi connectivity index (χ4v) is 3.35. The first-order valence-corrected chi connectivity index (χ1v) is 9.09. The predicted molar refractivity (Wildman–Crippen MR) is 99.0 cm³/mol.